The Hall–Kier alpha value is -6.78. The van der Waals surface area contributed by atoms with Crippen LogP contribution in [0.5, 0.6) is 0 Å². The molecule has 426 valence electrons. The summed E-state index contributed by atoms with van der Waals surface area (Å²) in [4.78, 5) is 8.29. The molecule has 3 heterocycles. The van der Waals surface area contributed by atoms with Gasteiger partial charge in [0.25, 0.3) is 6.71 Å². The van der Waals surface area contributed by atoms with Gasteiger partial charge in [-0.05, 0) is 173 Å². The molecule has 0 spiro atoms. The average Bonchev–Trinajstić information content (AvgIpc) is 2.44. The lowest BCUT2D eigenvalue weighted by molar-refractivity contribution is 0.215. The molecule has 3 aliphatic heterocycles. The van der Waals surface area contributed by atoms with Gasteiger partial charge in [0.2, 0.25) is 0 Å². The number of benzene rings is 8. The van der Waals surface area contributed by atoms with Gasteiger partial charge in [-0.2, -0.15) is 0 Å². The van der Waals surface area contributed by atoms with E-state index >= 15 is 0 Å². The molecule has 0 saturated heterocycles. The Balaban J connectivity index is 1.25. The summed E-state index contributed by atoms with van der Waals surface area (Å²) < 4.78 is 0. The highest BCUT2D eigenvalue weighted by molar-refractivity contribution is 7.00. The fourth-order valence-electron chi connectivity index (χ4n) is 14.9. The van der Waals surface area contributed by atoms with Crippen LogP contribution in [0.15, 0.2) is 164 Å². The van der Waals surface area contributed by atoms with E-state index < -0.39 is 0 Å². The zero-order valence-electron chi connectivity index (χ0n) is 53.8. The van der Waals surface area contributed by atoms with Crippen LogP contribution < -0.4 is 31.1 Å². The molecular formula is C79H92BN3. The molecule has 1 aliphatic carbocycles. The van der Waals surface area contributed by atoms with Gasteiger partial charge in [0.05, 0.1) is 11.2 Å². The maximum Gasteiger partial charge on any atom is 0.252 e. The van der Waals surface area contributed by atoms with Crippen molar-refractivity contribution in [3.05, 3.63) is 208 Å². The van der Waals surface area contributed by atoms with Crippen LogP contribution in [-0.4, -0.2) is 12.3 Å². The van der Waals surface area contributed by atoms with Crippen molar-refractivity contribution in [3.8, 4) is 11.1 Å². The van der Waals surface area contributed by atoms with Gasteiger partial charge in [0, 0.05) is 50.8 Å². The first-order valence-electron chi connectivity index (χ1n) is 31.2. The van der Waals surface area contributed by atoms with Gasteiger partial charge in [-0.1, -0.05) is 247 Å². The molecule has 0 radical (unpaired) electrons. The van der Waals surface area contributed by atoms with Crippen molar-refractivity contribution in [1.29, 1.82) is 0 Å². The molecule has 12 rings (SSSR count). The van der Waals surface area contributed by atoms with E-state index in [4.69, 9.17) is 0 Å². The Morgan fingerprint density at radius 2 is 0.831 bits per heavy atom. The molecule has 2 unspecified atom stereocenters. The zero-order chi connectivity index (χ0) is 59.4. The van der Waals surface area contributed by atoms with E-state index in [2.05, 4.69) is 310 Å². The number of fused-ring (bicyclic) bond motifs is 7. The first-order valence-corrected chi connectivity index (χ1v) is 31.2. The van der Waals surface area contributed by atoms with Gasteiger partial charge in [0.15, 0.2) is 0 Å². The minimum Gasteiger partial charge on any atom is -0.334 e. The van der Waals surface area contributed by atoms with E-state index in [1.807, 2.05) is 0 Å². The maximum absolute atomic E-state index is 2.88. The van der Waals surface area contributed by atoms with E-state index in [0.717, 1.165) is 12.8 Å². The molecular weight excluding hydrogens is 1000 g/mol. The summed E-state index contributed by atoms with van der Waals surface area (Å²) in [6.07, 6.45) is 4.49. The average molecular weight is 1090 g/mol. The highest BCUT2D eigenvalue weighted by Crippen LogP contribution is 2.65. The van der Waals surface area contributed by atoms with Crippen molar-refractivity contribution in [1.82, 2.24) is 0 Å². The van der Waals surface area contributed by atoms with E-state index in [1.165, 1.54) is 130 Å². The number of hydrogen-bond donors (Lipinski definition) is 0. The molecule has 83 heavy (non-hydrogen) atoms. The van der Waals surface area contributed by atoms with Crippen molar-refractivity contribution < 1.29 is 0 Å². The molecule has 4 heteroatoms. The monoisotopic (exact) mass is 1090 g/mol. The molecule has 2 atom stereocenters. The second-order valence-electron chi connectivity index (χ2n) is 31.7. The van der Waals surface area contributed by atoms with Crippen LogP contribution in [0, 0.1) is 0 Å². The summed E-state index contributed by atoms with van der Waals surface area (Å²) in [7, 11) is 0. The lowest BCUT2D eigenvalue weighted by Crippen LogP contribution is -2.62. The number of rotatable bonds is 5. The summed E-state index contributed by atoms with van der Waals surface area (Å²) >= 11 is 0. The van der Waals surface area contributed by atoms with Crippen molar-refractivity contribution >= 4 is 68.6 Å². The van der Waals surface area contributed by atoms with Gasteiger partial charge < -0.3 is 14.7 Å². The summed E-state index contributed by atoms with van der Waals surface area (Å²) in [6.45, 7) is 45.1. The minimum atomic E-state index is -0.322. The van der Waals surface area contributed by atoms with Crippen molar-refractivity contribution in [3.63, 3.8) is 0 Å². The predicted molar refractivity (Wildman–Crippen MR) is 361 cm³/mol. The predicted octanol–water partition coefficient (Wildman–Crippen LogP) is 20.0. The van der Waals surface area contributed by atoms with Gasteiger partial charge in [-0.25, -0.2) is 0 Å². The third-order valence-corrected chi connectivity index (χ3v) is 19.9. The standard InChI is InChI=1S/C79H92BN3/c1-72(2,3)52-30-32-53(33-31-52)79-43-24-23-42-78(79,19)83(66-41-37-56(46-62(66)79)75(10,11)12)60-49-69-71-70(50-60)82(65-40-36-55(74(7,8)9)45-61(65)51-26-21-20-22-27-51)68-48-58(77(16,17)18)35-39-64(68)80(71)63-38-34-57(76(13,14)15)47-67(63)81(69)59-29-25-28-54(44-59)73(4,5)6/h20-22,25-41,44-50H,23-24,42-43H2,1-19H3. The number of hydrogen-bond acceptors (Lipinski definition) is 3. The highest BCUT2D eigenvalue weighted by atomic mass is 15.3. The van der Waals surface area contributed by atoms with Crippen LogP contribution in [-0.2, 0) is 37.9 Å². The molecule has 1 saturated carbocycles. The normalized spacial score (nSPS) is 18.8. The number of nitrogens with zero attached hydrogens (tertiary/aromatic N) is 3. The Labute approximate surface area is 500 Å². The first kappa shape index (κ1) is 56.7. The first-order chi connectivity index (χ1) is 38.8. The smallest absolute Gasteiger partial charge is 0.252 e. The molecule has 0 N–H and O–H groups in total. The lowest BCUT2D eigenvalue weighted by Gasteiger charge is -2.53. The summed E-state index contributed by atoms with van der Waals surface area (Å²) in [5, 5.41) is 0. The SMILES string of the molecule is CC(C)(C)c1ccc(C23CCCCC2(C)N(c2cc4c5c(c2)N(c2ccc(C(C)(C)C)cc2-c2ccccc2)c2cc(C(C)(C)C)ccc2B5c2ccc(C(C)(C)C)cc2N4c2cccc(C(C)(C)C)c2)c2ccc(C(C)(C)C)cc23)cc1. The highest BCUT2D eigenvalue weighted by Gasteiger charge is 2.62. The second kappa shape index (κ2) is 19.1. The van der Waals surface area contributed by atoms with Crippen molar-refractivity contribution in [2.24, 2.45) is 0 Å². The Morgan fingerprint density at radius 1 is 0.361 bits per heavy atom. The molecule has 0 bridgehead atoms. The summed E-state index contributed by atoms with van der Waals surface area (Å²) in [5.74, 6) is 0. The van der Waals surface area contributed by atoms with Crippen LogP contribution >= 0.6 is 0 Å². The maximum atomic E-state index is 2.88. The lowest BCUT2D eigenvalue weighted by atomic mass is 9.33. The quantitative estimate of drug-likeness (QED) is 0.159. The molecule has 3 nitrogen and oxygen atoms in total. The van der Waals surface area contributed by atoms with Crippen LogP contribution in [0.2, 0.25) is 0 Å². The van der Waals surface area contributed by atoms with E-state index in [9.17, 15) is 0 Å². The van der Waals surface area contributed by atoms with E-state index in [1.54, 1.807) is 0 Å². The second-order valence-corrected chi connectivity index (χ2v) is 31.7. The largest absolute Gasteiger partial charge is 0.334 e. The molecule has 0 amide bonds. The van der Waals surface area contributed by atoms with Crippen LogP contribution in [0.3, 0.4) is 0 Å². The fourth-order valence-corrected chi connectivity index (χ4v) is 14.9. The number of anilines is 8. The van der Waals surface area contributed by atoms with Crippen LogP contribution in [0.4, 0.5) is 45.5 Å². The third kappa shape index (κ3) is 9.21. The fraction of sp³-hybridized carbons (Fsp3) is 0.392. The Kier molecular flexibility index (Phi) is 13.1. The van der Waals surface area contributed by atoms with Crippen molar-refractivity contribution in [2.75, 3.05) is 14.7 Å². The molecule has 4 aliphatic rings. The van der Waals surface area contributed by atoms with Crippen molar-refractivity contribution in [2.45, 2.75) is 201 Å². The molecule has 0 aromatic heterocycles. The van der Waals surface area contributed by atoms with Gasteiger partial charge in [-0.15, -0.1) is 0 Å². The molecule has 8 aromatic rings. The van der Waals surface area contributed by atoms with E-state index in [-0.39, 0.29) is 50.2 Å². The summed E-state index contributed by atoms with van der Waals surface area (Å²) in [5.41, 5.74) is 26.5. The molecule has 1 fully saturated rings. The topological polar surface area (TPSA) is 9.72 Å². The zero-order valence-corrected chi connectivity index (χ0v) is 53.8. The van der Waals surface area contributed by atoms with E-state index in [0.29, 0.717) is 0 Å². The van der Waals surface area contributed by atoms with Gasteiger partial charge in [0.1, 0.15) is 0 Å². The van der Waals surface area contributed by atoms with Crippen LogP contribution in [0.1, 0.15) is 202 Å². The Morgan fingerprint density at radius 3 is 1.40 bits per heavy atom. The van der Waals surface area contributed by atoms with Gasteiger partial charge in [-0.3, -0.25) is 0 Å². The van der Waals surface area contributed by atoms with Gasteiger partial charge >= 0.3 is 0 Å². The molecule has 8 aromatic carbocycles. The Bertz CT molecular complexity index is 3840. The van der Waals surface area contributed by atoms with Crippen LogP contribution in [0.25, 0.3) is 11.1 Å². The summed E-state index contributed by atoms with van der Waals surface area (Å²) in [6, 6.07) is 65.9. The third-order valence-electron chi connectivity index (χ3n) is 19.9. The minimum absolute atomic E-state index is 0.0317.